The zero-order valence-corrected chi connectivity index (χ0v) is 12.6. The molecule has 112 valence electrons. The van der Waals surface area contributed by atoms with Gasteiger partial charge in [-0.05, 0) is 44.0 Å². The number of nitrogens with two attached hydrogens (primary N) is 1. The van der Waals surface area contributed by atoms with Crippen LogP contribution < -0.4 is 11.1 Å². The molecule has 3 N–H and O–H groups in total. The van der Waals surface area contributed by atoms with Gasteiger partial charge in [-0.15, -0.1) is 12.4 Å². The SMILES string of the molecule is CC(CNC1CCCC1)OC(=O)c1ccc(N)cc1.Cl. The van der Waals surface area contributed by atoms with Crippen LogP contribution >= 0.6 is 12.4 Å². The van der Waals surface area contributed by atoms with Crippen molar-refractivity contribution in [2.24, 2.45) is 0 Å². The third-order valence-corrected chi connectivity index (χ3v) is 3.50. The zero-order chi connectivity index (χ0) is 13.7. The van der Waals surface area contributed by atoms with E-state index in [0.29, 0.717) is 23.8 Å². The molecule has 1 unspecified atom stereocenters. The van der Waals surface area contributed by atoms with Crippen LogP contribution in [-0.2, 0) is 4.74 Å². The molecule has 2 rings (SSSR count). The number of esters is 1. The molecule has 20 heavy (non-hydrogen) atoms. The standard InChI is InChI=1S/C15H22N2O2.ClH/c1-11(10-17-14-4-2-3-5-14)19-15(18)12-6-8-13(16)9-7-12;/h6-9,11,14,17H,2-5,10,16H2,1H3;1H. The summed E-state index contributed by atoms with van der Waals surface area (Å²) >= 11 is 0. The van der Waals surface area contributed by atoms with Gasteiger partial charge in [0.1, 0.15) is 6.10 Å². The zero-order valence-electron chi connectivity index (χ0n) is 11.8. The molecule has 0 aliphatic heterocycles. The van der Waals surface area contributed by atoms with Gasteiger partial charge in [-0.3, -0.25) is 0 Å². The first-order valence-corrected chi connectivity index (χ1v) is 6.95. The number of nitrogens with one attached hydrogen (secondary N) is 1. The van der Waals surface area contributed by atoms with Gasteiger partial charge >= 0.3 is 5.97 Å². The molecule has 0 radical (unpaired) electrons. The Morgan fingerprint density at radius 2 is 1.95 bits per heavy atom. The van der Waals surface area contributed by atoms with Crippen molar-refractivity contribution in [1.82, 2.24) is 5.32 Å². The minimum atomic E-state index is -0.291. The fraction of sp³-hybridized carbons (Fsp3) is 0.533. The highest BCUT2D eigenvalue weighted by molar-refractivity contribution is 5.89. The molecule has 1 atom stereocenters. The van der Waals surface area contributed by atoms with Crippen LogP contribution in [0.4, 0.5) is 5.69 Å². The number of carbonyl (C=O) groups excluding carboxylic acids is 1. The van der Waals surface area contributed by atoms with E-state index in [1.807, 2.05) is 6.92 Å². The molecule has 0 spiro atoms. The van der Waals surface area contributed by atoms with Crippen LogP contribution in [0.5, 0.6) is 0 Å². The summed E-state index contributed by atoms with van der Waals surface area (Å²) in [5.74, 6) is -0.291. The molecule has 0 amide bonds. The van der Waals surface area contributed by atoms with E-state index >= 15 is 0 Å². The van der Waals surface area contributed by atoms with Crippen LogP contribution in [-0.4, -0.2) is 24.7 Å². The molecule has 5 heteroatoms. The first kappa shape index (κ1) is 16.8. The summed E-state index contributed by atoms with van der Waals surface area (Å²) in [6.07, 6.45) is 4.96. The number of anilines is 1. The van der Waals surface area contributed by atoms with Crippen molar-refractivity contribution in [1.29, 1.82) is 0 Å². The molecule has 1 saturated carbocycles. The molecule has 0 heterocycles. The Morgan fingerprint density at radius 1 is 1.35 bits per heavy atom. The fourth-order valence-electron chi connectivity index (χ4n) is 2.37. The molecule has 1 fully saturated rings. The molecule has 1 aromatic carbocycles. The van der Waals surface area contributed by atoms with E-state index in [-0.39, 0.29) is 24.5 Å². The predicted molar refractivity (Wildman–Crippen MR) is 83.2 cm³/mol. The second-order valence-electron chi connectivity index (χ2n) is 5.23. The highest BCUT2D eigenvalue weighted by atomic mass is 35.5. The molecule has 0 aromatic heterocycles. The van der Waals surface area contributed by atoms with E-state index in [1.165, 1.54) is 25.7 Å². The molecule has 1 aliphatic carbocycles. The lowest BCUT2D eigenvalue weighted by molar-refractivity contribution is 0.0337. The van der Waals surface area contributed by atoms with Gasteiger partial charge in [-0.2, -0.15) is 0 Å². The van der Waals surface area contributed by atoms with Gasteiger partial charge in [0.15, 0.2) is 0 Å². The average Bonchev–Trinajstić information content (AvgIpc) is 2.90. The van der Waals surface area contributed by atoms with Crippen molar-refractivity contribution in [3.05, 3.63) is 29.8 Å². The first-order valence-electron chi connectivity index (χ1n) is 6.95. The van der Waals surface area contributed by atoms with Crippen molar-refractivity contribution in [2.45, 2.75) is 44.8 Å². The van der Waals surface area contributed by atoms with Gasteiger partial charge in [0.2, 0.25) is 0 Å². The minimum absolute atomic E-state index is 0. The fourth-order valence-corrected chi connectivity index (χ4v) is 2.37. The maximum atomic E-state index is 11.9. The lowest BCUT2D eigenvalue weighted by atomic mass is 10.2. The van der Waals surface area contributed by atoms with Crippen molar-refractivity contribution in [2.75, 3.05) is 12.3 Å². The minimum Gasteiger partial charge on any atom is -0.458 e. The van der Waals surface area contributed by atoms with E-state index in [4.69, 9.17) is 10.5 Å². The second-order valence-corrected chi connectivity index (χ2v) is 5.23. The van der Waals surface area contributed by atoms with Crippen LogP contribution in [0.3, 0.4) is 0 Å². The highest BCUT2D eigenvalue weighted by Gasteiger charge is 2.17. The summed E-state index contributed by atoms with van der Waals surface area (Å²) in [5.41, 5.74) is 6.77. The van der Waals surface area contributed by atoms with Crippen molar-refractivity contribution in [3.63, 3.8) is 0 Å². The van der Waals surface area contributed by atoms with Crippen LogP contribution in [0.15, 0.2) is 24.3 Å². The number of hydrogen-bond donors (Lipinski definition) is 2. The van der Waals surface area contributed by atoms with Gasteiger partial charge < -0.3 is 15.8 Å². The molecule has 1 aliphatic rings. The van der Waals surface area contributed by atoms with Crippen molar-refractivity contribution in [3.8, 4) is 0 Å². The molecule has 1 aromatic rings. The second kappa shape index (κ2) is 8.12. The summed E-state index contributed by atoms with van der Waals surface area (Å²) < 4.78 is 5.39. The van der Waals surface area contributed by atoms with E-state index in [1.54, 1.807) is 24.3 Å². The lowest BCUT2D eigenvalue weighted by Gasteiger charge is -2.17. The number of rotatable bonds is 5. The summed E-state index contributed by atoms with van der Waals surface area (Å²) in [7, 11) is 0. The highest BCUT2D eigenvalue weighted by Crippen LogP contribution is 2.17. The number of benzene rings is 1. The Kier molecular flexibility index (Phi) is 6.82. The van der Waals surface area contributed by atoms with Crippen LogP contribution in [0.25, 0.3) is 0 Å². The summed E-state index contributed by atoms with van der Waals surface area (Å²) in [6.45, 7) is 2.63. The van der Waals surface area contributed by atoms with Crippen LogP contribution in [0, 0.1) is 0 Å². The van der Waals surface area contributed by atoms with Crippen molar-refractivity contribution < 1.29 is 9.53 Å². The summed E-state index contributed by atoms with van der Waals surface area (Å²) in [5, 5.41) is 3.45. The van der Waals surface area contributed by atoms with E-state index < -0.39 is 0 Å². The predicted octanol–water partition coefficient (Wildman–Crippen LogP) is 2.77. The molecule has 0 bridgehead atoms. The number of hydrogen-bond acceptors (Lipinski definition) is 4. The monoisotopic (exact) mass is 298 g/mol. The van der Waals surface area contributed by atoms with Crippen LogP contribution in [0.2, 0.25) is 0 Å². The third kappa shape index (κ3) is 5.02. The molecular formula is C15H23ClN2O2. The maximum Gasteiger partial charge on any atom is 0.338 e. The Balaban J connectivity index is 0.00000200. The first-order chi connectivity index (χ1) is 9.15. The lowest BCUT2D eigenvalue weighted by Crippen LogP contribution is -2.34. The quantitative estimate of drug-likeness (QED) is 0.648. The number of ether oxygens (including phenoxy) is 1. The molecule has 0 saturated heterocycles. The third-order valence-electron chi connectivity index (χ3n) is 3.50. The Labute approximate surface area is 126 Å². The van der Waals surface area contributed by atoms with Gasteiger partial charge in [0.25, 0.3) is 0 Å². The summed E-state index contributed by atoms with van der Waals surface area (Å²) in [4.78, 5) is 11.9. The Morgan fingerprint density at radius 3 is 2.55 bits per heavy atom. The van der Waals surface area contributed by atoms with E-state index in [9.17, 15) is 4.79 Å². The van der Waals surface area contributed by atoms with Crippen LogP contribution in [0.1, 0.15) is 43.0 Å². The number of nitrogen functional groups attached to an aromatic ring is 1. The van der Waals surface area contributed by atoms with Gasteiger partial charge in [0.05, 0.1) is 5.56 Å². The van der Waals surface area contributed by atoms with E-state index in [2.05, 4.69) is 5.32 Å². The average molecular weight is 299 g/mol. The Bertz CT molecular complexity index is 416. The normalized spacial score (nSPS) is 16.4. The number of halogens is 1. The van der Waals surface area contributed by atoms with Gasteiger partial charge in [-0.1, -0.05) is 12.8 Å². The van der Waals surface area contributed by atoms with Crippen molar-refractivity contribution >= 4 is 24.1 Å². The number of carbonyl (C=O) groups is 1. The smallest absolute Gasteiger partial charge is 0.338 e. The molecule has 4 nitrogen and oxygen atoms in total. The van der Waals surface area contributed by atoms with Gasteiger partial charge in [0, 0.05) is 18.3 Å². The largest absolute Gasteiger partial charge is 0.458 e. The maximum absolute atomic E-state index is 11.9. The van der Waals surface area contributed by atoms with E-state index in [0.717, 1.165) is 0 Å². The summed E-state index contributed by atoms with van der Waals surface area (Å²) in [6, 6.07) is 7.39. The Hall–Kier alpha value is -1.26. The topological polar surface area (TPSA) is 64.3 Å². The van der Waals surface area contributed by atoms with Gasteiger partial charge in [-0.25, -0.2) is 4.79 Å². The molecular weight excluding hydrogens is 276 g/mol.